The first-order valence-electron chi connectivity index (χ1n) is 7.60. The Morgan fingerprint density at radius 1 is 1.38 bits per heavy atom. The van der Waals surface area contributed by atoms with Gasteiger partial charge in [0, 0.05) is 30.1 Å². The van der Waals surface area contributed by atoms with Crippen LogP contribution in [0.2, 0.25) is 0 Å². The minimum atomic E-state index is -3.38. The lowest BCUT2D eigenvalue weighted by molar-refractivity contribution is 0.382. The van der Waals surface area contributed by atoms with Crippen LogP contribution in [0, 0.1) is 0 Å². The van der Waals surface area contributed by atoms with E-state index in [4.69, 9.17) is 0 Å². The Morgan fingerprint density at radius 3 is 2.95 bits per heavy atom. The maximum absolute atomic E-state index is 13.0. The highest BCUT2D eigenvalue weighted by molar-refractivity contribution is 9.10. The molecule has 0 radical (unpaired) electrons. The van der Waals surface area contributed by atoms with Gasteiger partial charge in [0.25, 0.3) is 0 Å². The van der Waals surface area contributed by atoms with Crippen LogP contribution < -0.4 is 4.90 Å². The van der Waals surface area contributed by atoms with Crippen molar-refractivity contribution < 1.29 is 8.42 Å². The van der Waals surface area contributed by atoms with E-state index < -0.39 is 10.0 Å². The number of fused-ring (bicyclic) bond motifs is 3. The molecule has 0 amide bonds. The number of benzene rings is 1. The molecule has 2 aliphatic rings. The van der Waals surface area contributed by atoms with Gasteiger partial charge in [0.2, 0.25) is 10.0 Å². The quantitative estimate of drug-likeness (QED) is 0.817. The molecule has 116 valence electrons. The smallest absolute Gasteiger partial charge is 0.245 e. The average molecular weight is 373 g/mol. The van der Waals surface area contributed by atoms with E-state index in [2.05, 4.69) is 27.8 Å². The third-order valence-corrected chi connectivity index (χ3v) is 6.81. The summed E-state index contributed by atoms with van der Waals surface area (Å²) < 4.78 is 28.5. The predicted molar refractivity (Wildman–Crippen MR) is 88.2 cm³/mol. The lowest BCUT2D eigenvalue weighted by Gasteiger charge is -2.26. The van der Waals surface area contributed by atoms with Crippen LogP contribution in [-0.4, -0.2) is 38.4 Å². The Hall–Kier alpha value is -0.590. The number of unbranched alkanes of at least 4 members (excludes halogenated alkanes) is 1. The van der Waals surface area contributed by atoms with Gasteiger partial charge < -0.3 is 4.90 Å². The molecule has 1 aromatic rings. The number of hydrogen-bond donors (Lipinski definition) is 0. The van der Waals surface area contributed by atoms with Crippen molar-refractivity contribution in [2.45, 2.75) is 43.5 Å². The van der Waals surface area contributed by atoms with Gasteiger partial charge in [-0.1, -0.05) is 29.3 Å². The van der Waals surface area contributed by atoms with E-state index >= 15 is 0 Å². The normalized spacial score (nSPS) is 24.5. The van der Waals surface area contributed by atoms with Gasteiger partial charge in [0.05, 0.1) is 5.69 Å². The first kappa shape index (κ1) is 15.3. The lowest BCUT2D eigenvalue weighted by Crippen LogP contribution is -2.40. The zero-order chi connectivity index (χ0) is 15.0. The largest absolute Gasteiger partial charge is 0.366 e. The fourth-order valence-corrected chi connectivity index (χ4v) is 5.34. The second kappa shape index (κ2) is 5.89. The van der Waals surface area contributed by atoms with Crippen molar-refractivity contribution in [2.24, 2.45) is 0 Å². The summed E-state index contributed by atoms with van der Waals surface area (Å²) in [5, 5.41) is 0. The summed E-state index contributed by atoms with van der Waals surface area (Å²) in [6.45, 7) is 4.29. The molecule has 0 N–H and O–H groups in total. The Kier molecular flexibility index (Phi) is 4.30. The van der Waals surface area contributed by atoms with Gasteiger partial charge in [-0.05, 0) is 37.5 Å². The third-order valence-electron chi connectivity index (χ3n) is 4.40. The molecule has 0 saturated carbocycles. The molecular formula is C15H21BrN2O2S. The number of nitrogens with zero attached hydrogens (tertiary/aromatic N) is 2. The number of rotatable bonds is 3. The maximum atomic E-state index is 13.0. The Bertz CT molecular complexity index is 633. The second-order valence-corrected chi connectivity index (χ2v) is 8.64. The molecule has 1 atom stereocenters. The van der Waals surface area contributed by atoms with E-state index in [1.165, 1.54) is 0 Å². The van der Waals surface area contributed by atoms with Crippen molar-refractivity contribution in [3.8, 4) is 0 Å². The first-order chi connectivity index (χ1) is 10.0. The van der Waals surface area contributed by atoms with E-state index in [1.54, 1.807) is 10.4 Å². The monoisotopic (exact) mass is 372 g/mol. The molecule has 6 heteroatoms. The van der Waals surface area contributed by atoms with Gasteiger partial charge in [0.15, 0.2) is 0 Å². The van der Waals surface area contributed by atoms with E-state index in [9.17, 15) is 8.42 Å². The summed E-state index contributed by atoms with van der Waals surface area (Å²) in [7, 11) is -3.38. The average Bonchev–Trinajstić information content (AvgIpc) is 2.87. The highest BCUT2D eigenvalue weighted by Crippen LogP contribution is 2.38. The van der Waals surface area contributed by atoms with Gasteiger partial charge in [-0.15, -0.1) is 0 Å². The lowest BCUT2D eigenvalue weighted by atomic mass is 10.2. The molecule has 0 aliphatic carbocycles. The van der Waals surface area contributed by atoms with Crippen molar-refractivity contribution in [3.05, 3.63) is 22.7 Å². The molecule has 4 nitrogen and oxygen atoms in total. The van der Waals surface area contributed by atoms with E-state index in [-0.39, 0.29) is 0 Å². The molecule has 1 saturated heterocycles. The van der Waals surface area contributed by atoms with Crippen molar-refractivity contribution in [1.82, 2.24) is 4.31 Å². The molecular weight excluding hydrogens is 352 g/mol. The van der Waals surface area contributed by atoms with Crippen LogP contribution in [0.25, 0.3) is 0 Å². The summed E-state index contributed by atoms with van der Waals surface area (Å²) in [5.41, 5.74) is 0.867. The molecule has 0 bridgehead atoms. The van der Waals surface area contributed by atoms with E-state index in [0.717, 1.165) is 42.4 Å². The maximum Gasteiger partial charge on any atom is 0.245 e. The standard InChI is InChI=1S/C15H21BrN2O2S/c1-2-3-8-17-11-13-5-4-9-18(13)14-10-12(16)6-7-15(14)21(17,19)20/h6-7,10,13H,2-5,8-9,11H2,1H3. The number of hydrogen-bond acceptors (Lipinski definition) is 3. The molecule has 2 aliphatic heterocycles. The van der Waals surface area contributed by atoms with E-state index in [1.807, 2.05) is 12.1 Å². The molecule has 0 spiro atoms. The number of sulfonamides is 1. The van der Waals surface area contributed by atoms with Gasteiger partial charge >= 0.3 is 0 Å². The molecule has 21 heavy (non-hydrogen) atoms. The Labute approximate surface area is 135 Å². The molecule has 3 rings (SSSR count). The minimum absolute atomic E-state index is 0.312. The van der Waals surface area contributed by atoms with Crippen LogP contribution in [0.5, 0.6) is 0 Å². The summed E-state index contributed by atoms with van der Waals surface area (Å²) in [5.74, 6) is 0. The van der Waals surface area contributed by atoms with Gasteiger partial charge in [-0.3, -0.25) is 0 Å². The third kappa shape index (κ3) is 2.73. The molecule has 1 aromatic carbocycles. The van der Waals surface area contributed by atoms with Crippen LogP contribution in [0.3, 0.4) is 0 Å². The fraction of sp³-hybridized carbons (Fsp3) is 0.600. The summed E-state index contributed by atoms with van der Waals surface area (Å²) >= 11 is 3.47. The summed E-state index contributed by atoms with van der Waals surface area (Å²) in [4.78, 5) is 2.75. The highest BCUT2D eigenvalue weighted by atomic mass is 79.9. The molecule has 2 heterocycles. The van der Waals surface area contributed by atoms with Crippen molar-refractivity contribution >= 4 is 31.6 Å². The van der Waals surface area contributed by atoms with Crippen LogP contribution in [-0.2, 0) is 10.0 Å². The topological polar surface area (TPSA) is 40.6 Å². The van der Waals surface area contributed by atoms with Crippen LogP contribution in [0.1, 0.15) is 32.6 Å². The number of halogens is 1. The first-order valence-corrected chi connectivity index (χ1v) is 9.83. The zero-order valence-corrected chi connectivity index (χ0v) is 14.7. The second-order valence-electron chi connectivity index (χ2n) is 5.82. The number of anilines is 1. The van der Waals surface area contributed by atoms with Crippen LogP contribution in [0.15, 0.2) is 27.6 Å². The van der Waals surface area contributed by atoms with Crippen LogP contribution in [0.4, 0.5) is 5.69 Å². The zero-order valence-electron chi connectivity index (χ0n) is 12.3. The molecule has 0 aromatic heterocycles. The van der Waals surface area contributed by atoms with Crippen molar-refractivity contribution in [2.75, 3.05) is 24.5 Å². The van der Waals surface area contributed by atoms with Gasteiger partial charge in [0.1, 0.15) is 4.90 Å². The molecule has 1 fully saturated rings. The van der Waals surface area contributed by atoms with Crippen molar-refractivity contribution in [3.63, 3.8) is 0 Å². The fourth-order valence-electron chi connectivity index (χ4n) is 3.29. The highest BCUT2D eigenvalue weighted by Gasteiger charge is 2.38. The van der Waals surface area contributed by atoms with E-state index in [0.29, 0.717) is 24.0 Å². The van der Waals surface area contributed by atoms with Gasteiger partial charge in [-0.25, -0.2) is 8.42 Å². The predicted octanol–water partition coefficient (Wildman–Crippen LogP) is 3.22. The Morgan fingerprint density at radius 2 is 2.19 bits per heavy atom. The minimum Gasteiger partial charge on any atom is -0.366 e. The summed E-state index contributed by atoms with van der Waals surface area (Å²) in [6, 6.07) is 5.83. The van der Waals surface area contributed by atoms with Gasteiger partial charge in [-0.2, -0.15) is 4.31 Å². The molecule has 1 unspecified atom stereocenters. The Balaban J connectivity index is 2.10. The van der Waals surface area contributed by atoms with Crippen LogP contribution >= 0.6 is 15.9 Å². The van der Waals surface area contributed by atoms with Crippen molar-refractivity contribution in [1.29, 1.82) is 0 Å². The summed E-state index contributed by atoms with van der Waals surface area (Å²) in [6.07, 6.45) is 4.13. The SMILES string of the molecule is CCCCN1CC2CCCN2c2cc(Br)ccc2S1(=O)=O.